The van der Waals surface area contributed by atoms with Crippen molar-refractivity contribution in [3.63, 3.8) is 0 Å². The van der Waals surface area contributed by atoms with Gasteiger partial charge in [0.1, 0.15) is 5.82 Å². The van der Waals surface area contributed by atoms with Gasteiger partial charge in [0.25, 0.3) is 0 Å². The van der Waals surface area contributed by atoms with Crippen LogP contribution < -0.4 is 5.73 Å². The number of nitrogens with two attached hydrogens (primary N) is 1. The SMILES string of the molecule is COC(=O)c1ncn(CC2CCN(C)C2)c1N. The summed E-state index contributed by atoms with van der Waals surface area (Å²) in [7, 11) is 3.43. The van der Waals surface area contributed by atoms with Gasteiger partial charge in [0, 0.05) is 13.1 Å². The molecule has 1 aliphatic rings. The Labute approximate surface area is 100 Å². The van der Waals surface area contributed by atoms with Crippen molar-refractivity contribution in [2.24, 2.45) is 5.92 Å². The smallest absolute Gasteiger partial charge is 0.360 e. The minimum atomic E-state index is -0.482. The maximum atomic E-state index is 11.4. The van der Waals surface area contributed by atoms with Gasteiger partial charge >= 0.3 is 5.97 Å². The highest BCUT2D eigenvalue weighted by Gasteiger charge is 2.22. The molecule has 1 aromatic rings. The van der Waals surface area contributed by atoms with E-state index in [2.05, 4.69) is 21.7 Å². The first kappa shape index (κ1) is 11.9. The lowest BCUT2D eigenvalue weighted by atomic mass is 10.1. The highest BCUT2D eigenvalue weighted by molar-refractivity contribution is 5.91. The molecule has 0 spiro atoms. The van der Waals surface area contributed by atoms with Crippen molar-refractivity contribution in [2.45, 2.75) is 13.0 Å². The number of hydrogen-bond acceptors (Lipinski definition) is 5. The fraction of sp³-hybridized carbons (Fsp3) is 0.636. The highest BCUT2D eigenvalue weighted by Crippen LogP contribution is 2.19. The summed E-state index contributed by atoms with van der Waals surface area (Å²) in [5, 5.41) is 0. The summed E-state index contributed by atoms with van der Waals surface area (Å²) < 4.78 is 6.44. The summed E-state index contributed by atoms with van der Waals surface area (Å²) in [5.41, 5.74) is 6.09. The minimum absolute atomic E-state index is 0.207. The molecular weight excluding hydrogens is 220 g/mol. The Kier molecular flexibility index (Phi) is 3.33. The van der Waals surface area contributed by atoms with Crippen LogP contribution in [0.1, 0.15) is 16.9 Å². The minimum Gasteiger partial charge on any atom is -0.464 e. The van der Waals surface area contributed by atoms with Crippen molar-refractivity contribution in [1.82, 2.24) is 14.5 Å². The third-order valence-electron chi connectivity index (χ3n) is 3.20. The van der Waals surface area contributed by atoms with E-state index in [9.17, 15) is 4.79 Å². The molecule has 0 bridgehead atoms. The Morgan fingerprint density at radius 1 is 1.71 bits per heavy atom. The fourth-order valence-corrected chi connectivity index (χ4v) is 2.24. The van der Waals surface area contributed by atoms with Gasteiger partial charge in [-0.25, -0.2) is 9.78 Å². The van der Waals surface area contributed by atoms with Crippen LogP contribution in [0, 0.1) is 5.92 Å². The van der Waals surface area contributed by atoms with E-state index in [1.54, 1.807) is 6.33 Å². The van der Waals surface area contributed by atoms with Crippen LogP contribution in [0.3, 0.4) is 0 Å². The second-order valence-electron chi connectivity index (χ2n) is 4.54. The molecule has 1 fully saturated rings. The number of rotatable bonds is 3. The second kappa shape index (κ2) is 4.75. The van der Waals surface area contributed by atoms with Crippen LogP contribution in [-0.2, 0) is 11.3 Å². The number of nitrogen functional groups attached to an aromatic ring is 1. The fourth-order valence-electron chi connectivity index (χ4n) is 2.24. The third kappa shape index (κ3) is 2.41. The van der Waals surface area contributed by atoms with Crippen molar-refractivity contribution in [3.8, 4) is 0 Å². The zero-order valence-electron chi connectivity index (χ0n) is 10.2. The molecular formula is C11H18N4O2. The summed E-state index contributed by atoms with van der Waals surface area (Å²) in [6.07, 6.45) is 2.77. The molecule has 0 amide bonds. The zero-order valence-corrected chi connectivity index (χ0v) is 10.2. The Morgan fingerprint density at radius 2 is 2.47 bits per heavy atom. The van der Waals surface area contributed by atoms with Gasteiger partial charge in [-0.05, 0) is 25.9 Å². The lowest BCUT2D eigenvalue weighted by Gasteiger charge is -2.12. The third-order valence-corrected chi connectivity index (χ3v) is 3.20. The average molecular weight is 238 g/mol. The van der Waals surface area contributed by atoms with Gasteiger partial charge in [0.05, 0.1) is 13.4 Å². The van der Waals surface area contributed by atoms with Gasteiger partial charge in [-0.1, -0.05) is 0 Å². The molecule has 17 heavy (non-hydrogen) atoms. The van der Waals surface area contributed by atoms with Crippen LogP contribution in [0.2, 0.25) is 0 Å². The molecule has 1 aromatic heterocycles. The number of carbonyl (C=O) groups is 1. The number of ether oxygens (including phenoxy) is 1. The maximum absolute atomic E-state index is 11.4. The molecule has 1 aliphatic heterocycles. The molecule has 0 radical (unpaired) electrons. The Bertz CT molecular complexity index is 416. The molecule has 0 aromatic carbocycles. The van der Waals surface area contributed by atoms with E-state index in [4.69, 9.17) is 5.73 Å². The second-order valence-corrected chi connectivity index (χ2v) is 4.54. The first-order valence-electron chi connectivity index (χ1n) is 5.69. The van der Waals surface area contributed by atoms with E-state index in [-0.39, 0.29) is 5.69 Å². The maximum Gasteiger partial charge on any atom is 0.360 e. The van der Waals surface area contributed by atoms with Crippen LogP contribution in [-0.4, -0.2) is 47.7 Å². The summed E-state index contributed by atoms with van der Waals surface area (Å²) in [6.45, 7) is 2.98. The number of likely N-dealkylation sites (tertiary alicyclic amines) is 1. The van der Waals surface area contributed by atoms with Crippen molar-refractivity contribution in [2.75, 3.05) is 33.0 Å². The van der Waals surface area contributed by atoms with Crippen molar-refractivity contribution in [3.05, 3.63) is 12.0 Å². The molecule has 0 saturated carbocycles. The van der Waals surface area contributed by atoms with Crippen LogP contribution >= 0.6 is 0 Å². The van der Waals surface area contributed by atoms with Crippen molar-refractivity contribution in [1.29, 1.82) is 0 Å². The Balaban J connectivity index is 2.07. The van der Waals surface area contributed by atoms with Crippen LogP contribution in [0.4, 0.5) is 5.82 Å². The van der Waals surface area contributed by atoms with Gasteiger partial charge in [0.2, 0.25) is 0 Å². The topological polar surface area (TPSA) is 73.4 Å². The molecule has 1 unspecified atom stereocenters. The molecule has 94 valence electrons. The Morgan fingerprint density at radius 3 is 3.06 bits per heavy atom. The highest BCUT2D eigenvalue weighted by atomic mass is 16.5. The van der Waals surface area contributed by atoms with Crippen LogP contribution in [0.15, 0.2) is 6.33 Å². The first-order valence-corrected chi connectivity index (χ1v) is 5.69. The number of aromatic nitrogens is 2. The number of nitrogens with zero attached hydrogens (tertiary/aromatic N) is 3. The van der Waals surface area contributed by atoms with Gasteiger partial charge in [-0.15, -0.1) is 0 Å². The van der Waals surface area contributed by atoms with Crippen LogP contribution in [0.25, 0.3) is 0 Å². The molecule has 6 heteroatoms. The van der Waals surface area contributed by atoms with E-state index in [0.29, 0.717) is 11.7 Å². The standard InChI is InChI=1S/C11H18N4O2/c1-14-4-3-8(5-14)6-15-7-13-9(10(15)12)11(16)17-2/h7-8H,3-6,12H2,1-2H3. The lowest BCUT2D eigenvalue weighted by Crippen LogP contribution is -2.18. The van der Waals surface area contributed by atoms with Crippen molar-refractivity contribution >= 4 is 11.8 Å². The predicted octanol–water partition coefficient (Wildman–Crippen LogP) is 0.204. The van der Waals surface area contributed by atoms with Gasteiger partial charge < -0.3 is 19.9 Å². The summed E-state index contributed by atoms with van der Waals surface area (Å²) in [6, 6.07) is 0. The number of carbonyl (C=O) groups excluding carboxylic acids is 1. The number of methoxy groups -OCH3 is 1. The quantitative estimate of drug-likeness (QED) is 0.762. The number of imidazole rings is 1. The average Bonchev–Trinajstić information content (AvgIpc) is 2.87. The molecule has 2 heterocycles. The van der Waals surface area contributed by atoms with E-state index in [0.717, 1.165) is 26.1 Å². The molecule has 1 atom stereocenters. The van der Waals surface area contributed by atoms with Gasteiger partial charge in [-0.2, -0.15) is 0 Å². The molecule has 2 N–H and O–H groups in total. The number of esters is 1. The first-order chi connectivity index (χ1) is 8.11. The van der Waals surface area contributed by atoms with Gasteiger partial charge in [0.15, 0.2) is 5.69 Å². The number of anilines is 1. The largest absolute Gasteiger partial charge is 0.464 e. The number of hydrogen-bond donors (Lipinski definition) is 1. The van der Waals surface area contributed by atoms with Crippen molar-refractivity contribution < 1.29 is 9.53 Å². The monoisotopic (exact) mass is 238 g/mol. The molecule has 0 aliphatic carbocycles. The lowest BCUT2D eigenvalue weighted by molar-refractivity contribution is 0.0596. The van der Waals surface area contributed by atoms with E-state index in [1.165, 1.54) is 7.11 Å². The predicted molar refractivity (Wildman–Crippen MR) is 63.6 cm³/mol. The molecule has 2 rings (SSSR count). The normalized spacial score (nSPS) is 20.7. The van der Waals surface area contributed by atoms with Crippen LogP contribution in [0.5, 0.6) is 0 Å². The summed E-state index contributed by atoms with van der Waals surface area (Å²) >= 11 is 0. The van der Waals surface area contributed by atoms with E-state index in [1.807, 2.05) is 4.57 Å². The van der Waals surface area contributed by atoms with Gasteiger partial charge in [-0.3, -0.25) is 0 Å². The Hall–Kier alpha value is -1.56. The summed E-state index contributed by atoms with van der Waals surface area (Å²) in [5.74, 6) is 0.484. The summed E-state index contributed by atoms with van der Waals surface area (Å²) in [4.78, 5) is 17.6. The van der Waals surface area contributed by atoms with E-state index < -0.39 is 5.97 Å². The van der Waals surface area contributed by atoms with E-state index >= 15 is 0 Å². The molecule has 1 saturated heterocycles. The molecule has 6 nitrogen and oxygen atoms in total. The zero-order chi connectivity index (χ0) is 12.4.